The number of benzene rings is 2. The zero-order valence-electron chi connectivity index (χ0n) is 16.7. The molecule has 2 aromatic carbocycles. The lowest BCUT2D eigenvalue weighted by Gasteiger charge is -2.21. The van der Waals surface area contributed by atoms with E-state index in [1.807, 2.05) is 14.0 Å². The summed E-state index contributed by atoms with van der Waals surface area (Å²) >= 11 is 0. The van der Waals surface area contributed by atoms with Crippen molar-refractivity contribution in [2.45, 2.75) is 26.4 Å². The van der Waals surface area contributed by atoms with Crippen LogP contribution in [0.2, 0.25) is 0 Å². The summed E-state index contributed by atoms with van der Waals surface area (Å²) in [5.74, 6) is -2.99. The predicted molar refractivity (Wildman–Crippen MR) is 106 cm³/mol. The highest BCUT2D eigenvalue weighted by atomic mass is 19.1. The maximum Gasteiger partial charge on any atom is 0.414 e. The molecule has 0 aliphatic carbocycles. The molecular weight excluding hydrogens is 393 g/mol. The van der Waals surface area contributed by atoms with Crippen molar-refractivity contribution in [3.8, 4) is 11.5 Å². The molecule has 1 atom stereocenters. The molecule has 8 nitrogen and oxygen atoms in total. The molecule has 1 unspecified atom stereocenters. The molecule has 0 radical (unpaired) electrons. The number of rotatable bonds is 5. The fourth-order valence-corrected chi connectivity index (χ4v) is 2.42. The van der Waals surface area contributed by atoms with E-state index >= 15 is 0 Å². The summed E-state index contributed by atoms with van der Waals surface area (Å²) in [5, 5.41) is 23.0. The maximum atomic E-state index is 13.0. The number of carboxylic acids is 2. The lowest BCUT2D eigenvalue weighted by atomic mass is 10.1. The van der Waals surface area contributed by atoms with Crippen molar-refractivity contribution in [1.82, 2.24) is 15.1 Å². The molecule has 0 fully saturated rings. The fraction of sp³-hybridized carbons (Fsp3) is 0.238. The SMILES string of the molecule is Cc1ccc(CN(C)C(C)c2nnc(-c3ccc(F)cc3)o2)cc1.O=C(O)C(=O)O. The van der Waals surface area contributed by atoms with Crippen molar-refractivity contribution >= 4 is 11.9 Å². The Kier molecular flexibility index (Phi) is 7.76. The van der Waals surface area contributed by atoms with Gasteiger partial charge >= 0.3 is 11.9 Å². The van der Waals surface area contributed by atoms with Crippen LogP contribution >= 0.6 is 0 Å². The number of aryl methyl sites for hydroxylation is 1. The van der Waals surface area contributed by atoms with Crippen molar-refractivity contribution in [3.63, 3.8) is 0 Å². The number of hydrogen-bond donors (Lipinski definition) is 2. The number of carboxylic acid groups (broad SMARTS) is 2. The molecule has 1 aromatic heterocycles. The van der Waals surface area contributed by atoms with Gasteiger partial charge in [-0.25, -0.2) is 14.0 Å². The molecule has 30 heavy (non-hydrogen) atoms. The van der Waals surface area contributed by atoms with Gasteiger partial charge in [-0.3, -0.25) is 4.90 Å². The molecule has 3 rings (SSSR count). The van der Waals surface area contributed by atoms with Crippen LogP contribution in [0.3, 0.4) is 0 Å². The molecule has 0 bridgehead atoms. The smallest absolute Gasteiger partial charge is 0.414 e. The molecule has 9 heteroatoms. The van der Waals surface area contributed by atoms with Crippen LogP contribution in [0.1, 0.15) is 30.0 Å². The molecule has 0 saturated heterocycles. The van der Waals surface area contributed by atoms with Gasteiger partial charge in [0.1, 0.15) is 5.82 Å². The fourth-order valence-electron chi connectivity index (χ4n) is 2.42. The summed E-state index contributed by atoms with van der Waals surface area (Å²) in [7, 11) is 2.02. The molecule has 3 aromatic rings. The van der Waals surface area contributed by atoms with Crippen LogP contribution in [0.25, 0.3) is 11.5 Å². The predicted octanol–water partition coefficient (Wildman–Crippen LogP) is 3.53. The van der Waals surface area contributed by atoms with E-state index in [0.717, 1.165) is 6.54 Å². The first kappa shape index (κ1) is 22.7. The van der Waals surface area contributed by atoms with Crippen LogP contribution in [0.5, 0.6) is 0 Å². The van der Waals surface area contributed by atoms with Gasteiger partial charge in [0.05, 0.1) is 6.04 Å². The summed E-state index contributed by atoms with van der Waals surface area (Å²) in [5.41, 5.74) is 3.19. The Morgan fingerprint density at radius 2 is 1.60 bits per heavy atom. The highest BCUT2D eigenvalue weighted by Crippen LogP contribution is 2.24. The van der Waals surface area contributed by atoms with Gasteiger partial charge in [0.2, 0.25) is 11.8 Å². The van der Waals surface area contributed by atoms with E-state index in [-0.39, 0.29) is 11.9 Å². The van der Waals surface area contributed by atoms with Gasteiger partial charge < -0.3 is 14.6 Å². The standard InChI is InChI=1S/C19H20FN3O.C2H2O4/c1-13-4-6-15(7-5-13)12-23(3)14(2)18-21-22-19(24-18)16-8-10-17(20)11-9-16;3-1(4)2(5)6/h4-11,14H,12H2,1-3H3;(H,3,4)(H,5,6). The summed E-state index contributed by atoms with van der Waals surface area (Å²) in [6.07, 6.45) is 0. The largest absolute Gasteiger partial charge is 0.473 e. The molecular formula is C21H22FN3O5. The highest BCUT2D eigenvalue weighted by Gasteiger charge is 2.19. The zero-order chi connectivity index (χ0) is 22.3. The Morgan fingerprint density at radius 1 is 1.03 bits per heavy atom. The number of nitrogens with zero attached hydrogens (tertiary/aromatic N) is 3. The Hall–Kier alpha value is -3.59. The zero-order valence-corrected chi connectivity index (χ0v) is 16.7. The second-order valence-corrected chi connectivity index (χ2v) is 6.64. The van der Waals surface area contributed by atoms with Crippen molar-refractivity contribution in [1.29, 1.82) is 0 Å². The number of carbonyl (C=O) groups is 2. The lowest BCUT2D eigenvalue weighted by Crippen LogP contribution is -2.22. The topological polar surface area (TPSA) is 117 Å². The molecule has 1 heterocycles. The van der Waals surface area contributed by atoms with Crippen LogP contribution in [-0.4, -0.2) is 44.3 Å². The van der Waals surface area contributed by atoms with E-state index in [2.05, 4.69) is 46.3 Å². The van der Waals surface area contributed by atoms with Crippen molar-refractivity contribution < 1.29 is 28.6 Å². The Morgan fingerprint density at radius 3 is 2.13 bits per heavy atom. The first-order valence-electron chi connectivity index (χ1n) is 8.98. The Labute approximate surface area is 172 Å². The third-order valence-corrected chi connectivity index (χ3v) is 4.29. The van der Waals surface area contributed by atoms with Crippen molar-refractivity contribution in [2.24, 2.45) is 0 Å². The minimum atomic E-state index is -1.82. The summed E-state index contributed by atoms with van der Waals surface area (Å²) in [4.78, 5) is 20.3. The van der Waals surface area contributed by atoms with Gasteiger partial charge in [-0.1, -0.05) is 29.8 Å². The normalized spacial score (nSPS) is 11.5. The van der Waals surface area contributed by atoms with Gasteiger partial charge in [-0.2, -0.15) is 0 Å². The second-order valence-electron chi connectivity index (χ2n) is 6.64. The molecule has 2 N–H and O–H groups in total. The van der Waals surface area contributed by atoms with Crippen molar-refractivity contribution in [3.05, 3.63) is 71.4 Å². The third-order valence-electron chi connectivity index (χ3n) is 4.29. The molecule has 0 aliphatic heterocycles. The first-order valence-corrected chi connectivity index (χ1v) is 8.98. The van der Waals surface area contributed by atoms with E-state index in [9.17, 15) is 4.39 Å². The molecule has 0 saturated carbocycles. The van der Waals surface area contributed by atoms with Gasteiger partial charge in [-0.05, 0) is 50.7 Å². The summed E-state index contributed by atoms with van der Waals surface area (Å²) in [6, 6.07) is 14.5. The van der Waals surface area contributed by atoms with E-state index < -0.39 is 11.9 Å². The summed E-state index contributed by atoms with van der Waals surface area (Å²) < 4.78 is 18.8. The maximum absolute atomic E-state index is 13.0. The average molecular weight is 415 g/mol. The molecule has 158 valence electrons. The van der Waals surface area contributed by atoms with E-state index in [1.165, 1.54) is 23.3 Å². The molecule has 0 aliphatic rings. The van der Waals surface area contributed by atoms with Gasteiger partial charge in [0.25, 0.3) is 0 Å². The minimum Gasteiger partial charge on any atom is -0.473 e. The Balaban J connectivity index is 0.000000469. The van der Waals surface area contributed by atoms with Gasteiger partial charge in [-0.15, -0.1) is 10.2 Å². The van der Waals surface area contributed by atoms with Crippen LogP contribution in [0, 0.1) is 12.7 Å². The van der Waals surface area contributed by atoms with Crippen LogP contribution in [0.4, 0.5) is 4.39 Å². The second kappa shape index (κ2) is 10.3. The van der Waals surface area contributed by atoms with Crippen molar-refractivity contribution in [2.75, 3.05) is 7.05 Å². The lowest BCUT2D eigenvalue weighted by molar-refractivity contribution is -0.159. The van der Waals surface area contributed by atoms with Gasteiger partial charge in [0.15, 0.2) is 0 Å². The first-order chi connectivity index (χ1) is 14.2. The quantitative estimate of drug-likeness (QED) is 0.608. The average Bonchev–Trinajstić information content (AvgIpc) is 3.20. The van der Waals surface area contributed by atoms with E-state index in [0.29, 0.717) is 17.3 Å². The molecule has 0 spiro atoms. The number of hydrogen-bond acceptors (Lipinski definition) is 6. The third kappa shape index (κ3) is 6.49. The number of aromatic nitrogens is 2. The van der Waals surface area contributed by atoms with Gasteiger partial charge in [0, 0.05) is 12.1 Å². The van der Waals surface area contributed by atoms with E-state index in [4.69, 9.17) is 24.2 Å². The number of halogens is 1. The van der Waals surface area contributed by atoms with E-state index in [1.54, 1.807) is 12.1 Å². The number of aliphatic carboxylic acids is 2. The summed E-state index contributed by atoms with van der Waals surface area (Å²) in [6.45, 7) is 4.89. The monoisotopic (exact) mass is 415 g/mol. The minimum absolute atomic E-state index is 0.0204. The van der Waals surface area contributed by atoms with Crippen LogP contribution in [-0.2, 0) is 16.1 Å². The van der Waals surface area contributed by atoms with Crippen LogP contribution in [0.15, 0.2) is 52.9 Å². The molecule has 0 amide bonds. The Bertz CT molecular complexity index is 975. The van der Waals surface area contributed by atoms with Crippen LogP contribution < -0.4 is 0 Å². The highest BCUT2D eigenvalue weighted by molar-refractivity contribution is 6.27.